The van der Waals surface area contributed by atoms with E-state index in [9.17, 15) is 9.59 Å². The topological polar surface area (TPSA) is 81.3 Å². The number of furan rings is 1. The van der Waals surface area contributed by atoms with Gasteiger partial charge in [0.25, 0.3) is 5.91 Å². The van der Waals surface area contributed by atoms with E-state index in [1.807, 2.05) is 31.2 Å². The molecule has 1 aliphatic rings. The first-order chi connectivity index (χ1) is 15.0. The van der Waals surface area contributed by atoms with Crippen LogP contribution >= 0.6 is 0 Å². The summed E-state index contributed by atoms with van der Waals surface area (Å²) in [7, 11) is 1.51. The SMILES string of the molecule is COc1cccc(C(=O)OCC(=O)N2N=C(c3ccc(C)cc3)C[C@H]2c2ccco2)c1. The van der Waals surface area contributed by atoms with E-state index in [1.165, 1.54) is 12.1 Å². The van der Waals surface area contributed by atoms with Crippen LogP contribution in [0.2, 0.25) is 0 Å². The molecule has 0 saturated carbocycles. The van der Waals surface area contributed by atoms with Crippen molar-refractivity contribution >= 4 is 17.6 Å². The van der Waals surface area contributed by atoms with E-state index in [-0.39, 0.29) is 0 Å². The minimum Gasteiger partial charge on any atom is -0.497 e. The molecule has 0 bridgehead atoms. The summed E-state index contributed by atoms with van der Waals surface area (Å²) in [5.41, 5.74) is 3.15. The second-order valence-corrected chi connectivity index (χ2v) is 7.19. The number of nitrogens with zero attached hydrogens (tertiary/aromatic N) is 2. The van der Waals surface area contributed by atoms with Gasteiger partial charge in [0.05, 0.1) is 24.6 Å². The number of rotatable bonds is 6. The maximum atomic E-state index is 12.9. The summed E-state index contributed by atoms with van der Waals surface area (Å²) in [4.78, 5) is 25.3. The molecule has 1 atom stereocenters. The van der Waals surface area contributed by atoms with E-state index < -0.39 is 24.5 Å². The van der Waals surface area contributed by atoms with Crippen molar-refractivity contribution in [2.75, 3.05) is 13.7 Å². The van der Waals surface area contributed by atoms with Crippen LogP contribution in [0.4, 0.5) is 0 Å². The fourth-order valence-corrected chi connectivity index (χ4v) is 3.39. The van der Waals surface area contributed by atoms with Crippen LogP contribution in [0.3, 0.4) is 0 Å². The van der Waals surface area contributed by atoms with E-state index in [1.54, 1.807) is 42.7 Å². The predicted molar refractivity (Wildman–Crippen MR) is 114 cm³/mol. The maximum Gasteiger partial charge on any atom is 0.338 e. The molecule has 3 aromatic rings. The third kappa shape index (κ3) is 4.50. The van der Waals surface area contributed by atoms with Crippen LogP contribution in [0, 0.1) is 6.92 Å². The van der Waals surface area contributed by atoms with Gasteiger partial charge in [-0.2, -0.15) is 5.10 Å². The van der Waals surface area contributed by atoms with E-state index in [0.29, 0.717) is 23.5 Å². The Morgan fingerprint density at radius 1 is 1.13 bits per heavy atom. The molecule has 0 N–H and O–H groups in total. The molecular formula is C24H22N2O5. The number of hydrogen-bond donors (Lipinski definition) is 0. The molecule has 1 aliphatic heterocycles. The van der Waals surface area contributed by atoms with Crippen LogP contribution in [0.5, 0.6) is 5.75 Å². The molecule has 7 nitrogen and oxygen atoms in total. The second-order valence-electron chi connectivity index (χ2n) is 7.19. The summed E-state index contributed by atoms with van der Waals surface area (Å²) in [5.74, 6) is 0.118. The highest BCUT2D eigenvalue weighted by atomic mass is 16.5. The van der Waals surface area contributed by atoms with Crippen LogP contribution in [-0.2, 0) is 9.53 Å². The third-order valence-electron chi connectivity index (χ3n) is 5.05. The smallest absolute Gasteiger partial charge is 0.338 e. The van der Waals surface area contributed by atoms with Crippen LogP contribution < -0.4 is 4.74 Å². The number of hydrazone groups is 1. The van der Waals surface area contributed by atoms with Gasteiger partial charge in [0.1, 0.15) is 17.6 Å². The molecule has 0 saturated heterocycles. The van der Waals surface area contributed by atoms with Crippen LogP contribution in [0.15, 0.2) is 76.4 Å². The Kier molecular flexibility index (Phi) is 5.84. The standard InChI is InChI=1S/C24H22N2O5/c1-16-8-10-17(11-9-16)20-14-21(22-7-4-12-30-22)26(25-20)23(27)15-31-24(28)18-5-3-6-19(13-18)29-2/h3-13,21H,14-15H2,1-2H3/t21-/m0/s1. The lowest BCUT2D eigenvalue weighted by molar-refractivity contribution is -0.136. The van der Waals surface area contributed by atoms with Gasteiger partial charge in [0.2, 0.25) is 0 Å². The summed E-state index contributed by atoms with van der Waals surface area (Å²) >= 11 is 0. The van der Waals surface area contributed by atoms with E-state index >= 15 is 0 Å². The van der Waals surface area contributed by atoms with Crippen molar-refractivity contribution in [2.24, 2.45) is 5.10 Å². The van der Waals surface area contributed by atoms with E-state index in [0.717, 1.165) is 16.8 Å². The summed E-state index contributed by atoms with van der Waals surface area (Å²) in [5, 5.41) is 5.87. The van der Waals surface area contributed by atoms with Crippen molar-refractivity contribution in [3.05, 3.63) is 89.4 Å². The number of hydrogen-bond acceptors (Lipinski definition) is 6. The minimum atomic E-state index is -0.608. The van der Waals surface area contributed by atoms with Gasteiger partial charge >= 0.3 is 5.97 Å². The third-order valence-corrected chi connectivity index (χ3v) is 5.05. The monoisotopic (exact) mass is 418 g/mol. The first kappa shape index (κ1) is 20.4. The predicted octanol–water partition coefficient (Wildman–Crippen LogP) is 4.13. The van der Waals surface area contributed by atoms with Crippen molar-refractivity contribution in [3.63, 3.8) is 0 Å². The normalized spacial score (nSPS) is 15.5. The van der Waals surface area contributed by atoms with Gasteiger partial charge in [-0.3, -0.25) is 4.79 Å². The molecule has 2 aromatic carbocycles. The van der Waals surface area contributed by atoms with Gasteiger partial charge in [-0.1, -0.05) is 35.9 Å². The molecule has 0 radical (unpaired) electrons. The molecule has 1 amide bonds. The Morgan fingerprint density at radius 3 is 2.65 bits per heavy atom. The van der Waals surface area contributed by atoms with E-state index in [2.05, 4.69) is 5.10 Å². The molecule has 31 heavy (non-hydrogen) atoms. The fraction of sp³-hybridized carbons (Fsp3) is 0.208. The number of ether oxygens (including phenoxy) is 2. The Morgan fingerprint density at radius 2 is 1.94 bits per heavy atom. The van der Waals surface area contributed by atoms with Gasteiger partial charge in [0.15, 0.2) is 6.61 Å². The van der Waals surface area contributed by atoms with Gasteiger partial charge in [-0.25, -0.2) is 9.80 Å². The highest BCUT2D eigenvalue weighted by Gasteiger charge is 2.35. The van der Waals surface area contributed by atoms with Crippen molar-refractivity contribution in [2.45, 2.75) is 19.4 Å². The average molecular weight is 418 g/mol. The number of benzene rings is 2. The lowest BCUT2D eigenvalue weighted by Crippen LogP contribution is -2.31. The Hall–Kier alpha value is -3.87. The Labute approximate surface area is 179 Å². The summed E-state index contributed by atoms with van der Waals surface area (Å²) < 4.78 is 15.9. The fourth-order valence-electron chi connectivity index (χ4n) is 3.39. The van der Waals surface area contributed by atoms with Crippen LogP contribution in [-0.4, -0.2) is 36.3 Å². The Balaban J connectivity index is 1.50. The highest BCUT2D eigenvalue weighted by molar-refractivity contribution is 6.03. The first-order valence-corrected chi connectivity index (χ1v) is 9.86. The number of amides is 1. The zero-order valence-electron chi connectivity index (χ0n) is 17.3. The molecule has 0 aliphatic carbocycles. The maximum absolute atomic E-state index is 12.9. The molecule has 0 fully saturated rings. The van der Waals surface area contributed by atoms with Gasteiger partial charge < -0.3 is 13.9 Å². The molecule has 1 aromatic heterocycles. The minimum absolute atomic E-state index is 0.306. The summed E-state index contributed by atoms with van der Waals surface area (Å²) in [6.45, 7) is 1.58. The van der Waals surface area contributed by atoms with Gasteiger partial charge in [-0.05, 0) is 42.8 Å². The number of aryl methyl sites for hydroxylation is 1. The number of carbonyl (C=O) groups is 2. The lowest BCUT2D eigenvalue weighted by Gasteiger charge is -2.19. The van der Waals surface area contributed by atoms with Crippen molar-refractivity contribution in [1.29, 1.82) is 0 Å². The summed E-state index contributed by atoms with van der Waals surface area (Å²) in [6.07, 6.45) is 2.07. The molecule has 0 spiro atoms. The molecule has 4 rings (SSSR count). The average Bonchev–Trinajstić information content (AvgIpc) is 3.48. The molecular weight excluding hydrogens is 396 g/mol. The van der Waals surface area contributed by atoms with E-state index in [4.69, 9.17) is 13.9 Å². The molecule has 7 heteroatoms. The van der Waals surface area contributed by atoms with Crippen molar-refractivity contribution in [3.8, 4) is 5.75 Å². The Bertz CT molecular complexity index is 1100. The summed E-state index contributed by atoms with van der Waals surface area (Å²) in [6, 6.07) is 17.7. The highest BCUT2D eigenvalue weighted by Crippen LogP contribution is 2.33. The zero-order valence-corrected chi connectivity index (χ0v) is 17.3. The first-order valence-electron chi connectivity index (χ1n) is 9.86. The van der Waals surface area contributed by atoms with Gasteiger partial charge in [-0.15, -0.1) is 0 Å². The largest absolute Gasteiger partial charge is 0.497 e. The number of esters is 1. The quantitative estimate of drug-likeness (QED) is 0.562. The second kappa shape index (κ2) is 8.87. The van der Waals surface area contributed by atoms with Gasteiger partial charge in [0, 0.05) is 6.42 Å². The number of methoxy groups -OCH3 is 1. The van der Waals surface area contributed by atoms with Crippen molar-refractivity contribution < 1.29 is 23.5 Å². The zero-order chi connectivity index (χ0) is 21.8. The molecule has 158 valence electrons. The van der Waals surface area contributed by atoms with Crippen LogP contribution in [0.1, 0.15) is 39.7 Å². The van der Waals surface area contributed by atoms with Crippen LogP contribution in [0.25, 0.3) is 0 Å². The molecule has 0 unspecified atom stereocenters. The number of carbonyl (C=O) groups excluding carboxylic acids is 2. The molecule has 2 heterocycles. The lowest BCUT2D eigenvalue weighted by atomic mass is 10.0. The van der Waals surface area contributed by atoms with Crippen molar-refractivity contribution in [1.82, 2.24) is 5.01 Å².